The zero-order chi connectivity index (χ0) is 13.5. The Morgan fingerprint density at radius 3 is 2.67 bits per heavy atom. The molecule has 0 saturated heterocycles. The Hall–Kier alpha value is -1.56. The number of hydrogen-bond donors (Lipinski definition) is 2. The van der Waals surface area contributed by atoms with Crippen LogP contribution in [0.5, 0.6) is 5.88 Å². The van der Waals surface area contributed by atoms with Crippen molar-refractivity contribution in [2.24, 2.45) is 0 Å². The SMILES string of the molecule is CCOC(C)CNc1ncnc(OC(C)C)c1N. The van der Waals surface area contributed by atoms with Gasteiger partial charge in [0.15, 0.2) is 5.82 Å². The molecule has 6 nitrogen and oxygen atoms in total. The summed E-state index contributed by atoms with van der Waals surface area (Å²) in [5.41, 5.74) is 6.36. The number of rotatable bonds is 7. The molecule has 1 rings (SSSR count). The highest BCUT2D eigenvalue weighted by Gasteiger charge is 2.11. The van der Waals surface area contributed by atoms with Crippen LogP contribution in [0.2, 0.25) is 0 Å². The average Bonchev–Trinajstić information content (AvgIpc) is 2.30. The fourth-order valence-corrected chi connectivity index (χ4v) is 1.42. The van der Waals surface area contributed by atoms with Gasteiger partial charge in [-0.05, 0) is 27.7 Å². The molecule has 0 saturated carbocycles. The first-order chi connectivity index (χ1) is 8.54. The van der Waals surface area contributed by atoms with Crippen LogP contribution in [0.3, 0.4) is 0 Å². The summed E-state index contributed by atoms with van der Waals surface area (Å²) in [4.78, 5) is 8.11. The van der Waals surface area contributed by atoms with E-state index in [1.54, 1.807) is 0 Å². The first kappa shape index (κ1) is 14.5. The third-order valence-electron chi connectivity index (χ3n) is 2.20. The number of ether oxygens (including phenoxy) is 2. The summed E-state index contributed by atoms with van der Waals surface area (Å²) in [6, 6.07) is 0. The lowest BCUT2D eigenvalue weighted by molar-refractivity contribution is 0.0855. The summed E-state index contributed by atoms with van der Waals surface area (Å²) in [6.07, 6.45) is 1.55. The van der Waals surface area contributed by atoms with E-state index in [1.165, 1.54) is 6.33 Å². The standard InChI is InChI=1S/C12H22N4O2/c1-5-17-9(4)6-14-11-10(13)12(16-7-15-11)18-8(2)3/h7-9H,5-6,13H2,1-4H3,(H,14,15,16). The van der Waals surface area contributed by atoms with Gasteiger partial charge in [-0.25, -0.2) is 4.98 Å². The van der Waals surface area contributed by atoms with Crippen molar-refractivity contribution in [1.82, 2.24) is 9.97 Å². The van der Waals surface area contributed by atoms with Crippen molar-refractivity contribution in [2.45, 2.75) is 39.9 Å². The summed E-state index contributed by atoms with van der Waals surface area (Å²) < 4.78 is 10.9. The van der Waals surface area contributed by atoms with E-state index < -0.39 is 0 Å². The van der Waals surface area contributed by atoms with E-state index in [4.69, 9.17) is 15.2 Å². The van der Waals surface area contributed by atoms with E-state index in [0.29, 0.717) is 30.5 Å². The molecule has 0 aliphatic heterocycles. The monoisotopic (exact) mass is 254 g/mol. The third-order valence-corrected chi connectivity index (χ3v) is 2.20. The van der Waals surface area contributed by atoms with E-state index in [2.05, 4.69) is 15.3 Å². The Labute approximate surface area is 108 Å². The Morgan fingerprint density at radius 1 is 1.33 bits per heavy atom. The molecular formula is C12H22N4O2. The van der Waals surface area contributed by atoms with Gasteiger partial charge in [0.1, 0.15) is 12.0 Å². The molecule has 0 amide bonds. The lowest BCUT2D eigenvalue weighted by atomic mass is 10.3. The average molecular weight is 254 g/mol. The highest BCUT2D eigenvalue weighted by atomic mass is 16.5. The number of anilines is 2. The Morgan fingerprint density at radius 2 is 2.06 bits per heavy atom. The molecule has 0 bridgehead atoms. The topological polar surface area (TPSA) is 82.3 Å². The number of hydrogen-bond acceptors (Lipinski definition) is 6. The van der Waals surface area contributed by atoms with Crippen LogP contribution in [0.15, 0.2) is 6.33 Å². The van der Waals surface area contributed by atoms with Gasteiger partial charge in [0.2, 0.25) is 5.88 Å². The van der Waals surface area contributed by atoms with Gasteiger partial charge in [-0.1, -0.05) is 0 Å². The second-order valence-electron chi connectivity index (χ2n) is 4.25. The van der Waals surface area contributed by atoms with Crippen LogP contribution in [0.4, 0.5) is 11.5 Å². The van der Waals surface area contributed by atoms with E-state index in [9.17, 15) is 0 Å². The highest BCUT2D eigenvalue weighted by molar-refractivity contribution is 5.66. The summed E-state index contributed by atoms with van der Waals surface area (Å²) in [6.45, 7) is 9.11. The fraction of sp³-hybridized carbons (Fsp3) is 0.667. The normalized spacial score (nSPS) is 12.5. The second kappa shape index (κ2) is 7.00. The maximum atomic E-state index is 5.94. The van der Waals surface area contributed by atoms with Crippen LogP contribution in [-0.4, -0.2) is 35.3 Å². The first-order valence-corrected chi connectivity index (χ1v) is 6.17. The molecule has 0 aliphatic rings. The van der Waals surface area contributed by atoms with Crippen molar-refractivity contribution in [3.63, 3.8) is 0 Å². The molecule has 18 heavy (non-hydrogen) atoms. The number of nitrogens with zero attached hydrogens (tertiary/aromatic N) is 2. The van der Waals surface area contributed by atoms with Crippen molar-refractivity contribution in [1.29, 1.82) is 0 Å². The van der Waals surface area contributed by atoms with Gasteiger partial charge in [0.05, 0.1) is 12.2 Å². The molecule has 0 aromatic carbocycles. The van der Waals surface area contributed by atoms with Gasteiger partial charge in [-0.15, -0.1) is 0 Å². The molecule has 0 fully saturated rings. The van der Waals surface area contributed by atoms with E-state index in [0.717, 1.165) is 0 Å². The Balaban J connectivity index is 2.65. The zero-order valence-electron chi connectivity index (χ0n) is 11.4. The second-order valence-corrected chi connectivity index (χ2v) is 4.25. The smallest absolute Gasteiger partial charge is 0.242 e. The van der Waals surface area contributed by atoms with Crippen LogP contribution >= 0.6 is 0 Å². The van der Waals surface area contributed by atoms with Gasteiger partial charge in [-0.3, -0.25) is 0 Å². The largest absolute Gasteiger partial charge is 0.473 e. The summed E-state index contributed by atoms with van der Waals surface area (Å²) in [7, 11) is 0. The number of nitrogen functional groups attached to an aromatic ring is 1. The van der Waals surface area contributed by atoms with Crippen molar-refractivity contribution in [3.05, 3.63) is 6.33 Å². The van der Waals surface area contributed by atoms with Crippen molar-refractivity contribution in [3.8, 4) is 5.88 Å². The number of aromatic nitrogens is 2. The molecule has 0 aliphatic carbocycles. The lowest BCUT2D eigenvalue weighted by Crippen LogP contribution is -2.21. The fourth-order valence-electron chi connectivity index (χ4n) is 1.42. The summed E-state index contributed by atoms with van der Waals surface area (Å²) in [5, 5.41) is 3.13. The van der Waals surface area contributed by atoms with Crippen LogP contribution in [0.1, 0.15) is 27.7 Å². The maximum absolute atomic E-state index is 5.94. The van der Waals surface area contributed by atoms with E-state index in [-0.39, 0.29) is 12.2 Å². The molecular weight excluding hydrogens is 232 g/mol. The zero-order valence-corrected chi connectivity index (χ0v) is 11.4. The maximum Gasteiger partial charge on any atom is 0.242 e. The number of nitrogens with one attached hydrogen (secondary N) is 1. The van der Waals surface area contributed by atoms with Gasteiger partial charge in [0.25, 0.3) is 0 Å². The first-order valence-electron chi connectivity index (χ1n) is 6.17. The van der Waals surface area contributed by atoms with Gasteiger partial charge in [0, 0.05) is 13.2 Å². The van der Waals surface area contributed by atoms with E-state index in [1.807, 2.05) is 27.7 Å². The molecule has 6 heteroatoms. The third kappa shape index (κ3) is 4.37. The minimum Gasteiger partial charge on any atom is -0.473 e. The van der Waals surface area contributed by atoms with Gasteiger partial charge >= 0.3 is 0 Å². The Kier molecular flexibility index (Phi) is 5.64. The minimum atomic E-state index is 0.0254. The molecule has 1 unspecified atom stereocenters. The Bertz CT molecular complexity index is 371. The lowest BCUT2D eigenvalue weighted by Gasteiger charge is -2.16. The molecule has 0 spiro atoms. The predicted molar refractivity (Wildman–Crippen MR) is 71.8 cm³/mol. The van der Waals surface area contributed by atoms with Crippen molar-refractivity contribution >= 4 is 11.5 Å². The quantitative estimate of drug-likeness (QED) is 0.770. The molecule has 3 N–H and O–H groups in total. The van der Waals surface area contributed by atoms with Crippen LogP contribution in [0.25, 0.3) is 0 Å². The summed E-state index contributed by atoms with van der Waals surface area (Å²) >= 11 is 0. The van der Waals surface area contributed by atoms with Crippen LogP contribution < -0.4 is 15.8 Å². The molecule has 102 valence electrons. The molecule has 1 atom stereocenters. The summed E-state index contributed by atoms with van der Waals surface area (Å²) in [5.74, 6) is 0.985. The molecule has 0 radical (unpaired) electrons. The molecule has 1 aromatic rings. The van der Waals surface area contributed by atoms with E-state index >= 15 is 0 Å². The highest BCUT2D eigenvalue weighted by Crippen LogP contribution is 2.25. The predicted octanol–water partition coefficient (Wildman–Crippen LogP) is 1.68. The molecule has 1 aromatic heterocycles. The van der Waals surface area contributed by atoms with Gasteiger partial charge < -0.3 is 20.5 Å². The minimum absolute atomic E-state index is 0.0254. The van der Waals surface area contributed by atoms with Crippen molar-refractivity contribution < 1.29 is 9.47 Å². The van der Waals surface area contributed by atoms with Crippen molar-refractivity contribution in [2.75, 3.05) is 24.2 Å². The van der Waals surface area contributed by atoms with Crippen LogP contribution in [0, 0.1) is 0 Å². The number of nitrogens with two attached hydrogens (primary N) is 1. The molecule has 1 heterocycles. The van der Waals surface area contributed by atoms with Crippen LogP contribution in [-0.2, 0) is 4.74 Å². The van der Waals surface area contributed by atoms with Gasteiger partial charge in [-0.2, -0.15) is 4.98 Å².